The molecule has 0 atom stereocenters. The van der Waals surface area contributed by atoms with E-state index >= 15 is 0 Å². The second-order valence-electron chi connectivity index (χ2n) is 7.17. The van der Waals surface area contributed by atoms with E-state index in [2.05, 4.69) is 50.6 Å². The maximum absolute atomic E-state index is 4.95. The average Bonchev–Trinajstić information content (AvgIpc) is 3.40. The van der Waals surface area contributed by atoms with Crippen molar-refractivity contribution in [2.75, 3.05) is 0 Å². The summed E-state index contributed by atoms with van der Waals surface area (Å²) in [6, 6.07) is 18.5. The van der Waals surface area contributed by atoms with Crippen LogP contribution < -0.4 is 0 Å². The second kappa shape index (κ2) is 5.97. The molecular weight excluding hydrogens is 360 g/mol. The highest BCUT2D eigenvalue weighted by Crippen LogP contribution is 2.29. The Morgan fingerprint density at radius 3 is 2.72 bits per heavy atom. The van der Waals surface area contributed by atoms with Crippen molar-refractivity contribution in [2.45, 2.75) is 6.92 Å². The summed E-state index contributed by atoms with van der Waals surface area (Å²) in [5, 5.41) is 13.8. The van der Waals surface area contributed by atoms with Gasteiger partial charge in [-0.25, -0.2) is 9.50 Å². The Balaban J connectivity index is 1.56. The van der Waals surface area contributed by atoms with E-state index in [1.807, 2.05) is 54.3 Å². The number of aromatic nitrogens is 6. The summed E-state index contributed by atoms with van der Waals surface area (Å²) in [6.45, 7) is 2.04. The van der Waals surface area contributed by atoms with Gasteiger partial charge >= 0.3 is 0 Å². The molecule has 0 fully saturated rings. The smallest absolute Gasteiger partial charge is 0.163 e. The molecule has 0 saturated heterocycles. The van der Waals surface area contributed by atoms with Crippen molar-refractivity contribution in [2.24, 2.45) is 0 Å². The number of hydrogen-bond acceptors (Lipinski definition) is 4. The molecular formula is C23H16N6. The molecule has 1 N–H and O–H groups in total. The minimum atomic E-state index is 0.830. The van der Waals surface area contributed by atoms with Crippen LogP contribution in [0.15, 0.2) is 73.2 Å². The third-order valence-corrected chi connectivity index (χ3v) is 5.29. The maximum atomic E-state index is 4.95. The average molecular weight is 376 g/mol. The number of pyridine rings is 1. The first-order valence-corrected chi connectivity index (χ1v) is 9.40. The Morgan fingerprint density at radius 1 is 0.862 bits per heavy atom. The molecule has 0 spiro atoms. The number of rotatable bonds is 2. The summed E-state index contributed by atoms with van der Waals surface area (Å²) in [5.41, 5.74) is 7.78. The van der Waals surface area contributed by atoms with Gasteiger partial charge in [0.05, 0.1) is 29.1 Å². The van der Waals surface area contributed by atoms with Gasteiger partial charge in [0.2, 0.25) is 0 Å². The molecule has 0 aliphatic rings. The molecule has 0 aliphatic carbocycles. The first kappa shape index (κ1) is 15.9. The number of H-pyrrole nitrogens is 1. The molecule has 4 heterocycles. The summed E-state index contributed by atoms with van der Waals surface area (Å²) < 4.78 is 1.88. The van der Waals surface area contributed by atoms with Gasteiger partial charge in [-0.05, 0) is 42.8 Å². The summed E-state index contributed by atoms with van der Waals surface area (Å²) >= 11 is 0. The van der Waals surface area contributed by atoms with Crippen LogP contribution in [0, 0.1) is 6.92 Å². The molecule has 6 aromatic rings. The Bertz CT molecular complexity index is 1530. The molecule has 0 amide bonds. The van der Waals surface area contributed by atoms with Crippen molar-refractivity contribution in [3.05, 3.63) is 78.9 Å². The van der Waals surface area contributed by atoms with E-state index in [0.717, 1.165) is 55.5 Å². The predicted octanol–water partition coefficient (Wildman–Crippen LogP) is 4.80. The zero-order valence-electron chi connectivity index (χ0n) is 15.7. The SMILES string of the molecule is Cc1cc(-c2cnc3ccccc3c2)nc2c(-c3ccc4[nH]ncc4c3)cnn12. The number of nitrogens with zero attached hydrogens (tertiary/aromatic N) is 5. The van der Waals surface area contributed by atoms with Gasteiger partial charge in [0.1, 0.15) is 0 Å². The van der Waals surface area contributed by atoms with E-state index in [-0.39, 0.29) is 0 Å². The topological polar surface area (TPSA) is 71.8 Å². The Labute approximate surface area is 165 Å². The quantitative estimate of drug-likeness (QED) is 0.471. The fourth-order valence-corrected chi connectivity index (χ4v) is 3.79. The first-order valence-electron chi connectivity index (χ1n) is 9.40. The number of nitrogens with one attached hydrogen (secondary N) is 1. The molecule has 138 valence electrons. The van der Waals surface area contributed by atoms with Crippen molar-refractivity contribution in [1.29, 1.82) is 0 Å². The molecule has 0 aliphatic heterocycles. The van der Waals surface area contributed by atoms with Gasteiger partial charge < -0.3 is 0 Å². The number of aryl methyl sites for hydroxylation is 1. The number of fused-ring (bicyclic) bond motifs is 3. The molecule has 2 aromatic carbocycles. The van der Waals surface area contributed by atoms with Crippen LogP contribution in [-0.2, 0) is 0 Å². The summed E-state index contributed by atoms with van der Waals surface area (Å²) in [4.78, 5) is 9.55. The van der Waals surface area contributed by atoms with Crippen LogP contribution in [0.4, 0.5) is 0 Å². The minimum absolute atomic E-state index is 0.830. The van der Waals surface area contributed by atoms with Crippen molar-refractivity contribution < 1.29 is 0 Å². The van der Waals surface area contributed by atoms with Gasteiger partial charge in [-0.1, -0.05) is 24.3 Å². The molecule has 6 rings (SSSR count). The summed E-state index contributed by atoms with van der Waals surface area (Å²) in [5.74, 6) is 0. The van der Waals surface area contributed by atoms with Crippen LogP contribution in [0.1, 0.15) is 5.69 Å². The van der Waals surface area contributed by atoms with Crippen LogP contribution in [0.2, 0.25) is 0 Å². The number of benzene rings is 2. The Kier molecular flexibility index (Phi) is 3.28. The van der Waals surface area contributed by atoms with Gasteiger partial charge in [-0.15, -0.1) is 0 Å². The van der Waals surface area contributed by atoms with Crippen molar-refractivity contribution >= 4 is 27.5 Å². The lowest BCUT2D eigenvalue weighted by molar-refractivity contribution is 0.896. The van der Waals surface area contributed by atoms with E-state index in [1.165, 1.54) is 0 Å². The van der Waals surface area contributed by atoms with Crippen LogP contribution in [0.5, 0.6) is 0 Å². The van der Waals surface area contributed by atoms with E-state index in [0.29, 0.717) is 0 Å². The van der Waals surface area contributed by atoms with Crippen molar-refractivity contribution in [3.63, 3.8) is 0 Å². The second-order valence-corrected chi connectivity index (χ2v) is 7.17. The highest BCUT2D eigenvalue weighted by Gasteiger charge is 2.13. The molecule has 0 radical (unpaired) electrons. The molecule has 0 bridgehead atoms. The standard InChI is InChI=1S/C23H16N6/c1-14-8-22(17-10-16-4-2-3-5-20(16)24-11-17)27-23-19(13-26-29(14)23)15-6-7-21-18(9-15)12-25-28-21/h2-13H,1H3,(H,25,28). The monoisotopic (exact) mass is 376 g/mol. The third-order valence-electron chi connectivity index (χ3n) is 5.29. The lowest BCUT2D eigenvalue weighted by atomic mass is 10.1. The van der Waals surface area contributed by atoms with E-state index < -0.39 is 0 Å². The first-order chi connectivity index (χ1) is 14.3. The van der Waals surface area contributed by atoms with Crippen LogP contribution in [0.3, 0.4) is 0 Å². The number of aromatic amines is 1. The molecule has 4 aromatic heterocycles. The maximum Gasteiger partial charge on any atom is 0.163 e. The lowest BCUT2D eigenvalue weighted by Gasteiger charge is -2.07. The molecule has 6 nitrogen and oxygen atoms in total. The summed E-state index contributed by atoms with van der Waals surface area (Å²) in [6.07, 6.45) is 5.59. The van der Waals surface area contributed by atoms with Gasteiger partial charge in [0.25, 0.3) is 0 Å². The van der Waals surface area contributed by atoms with Crippen LogP contribution in [-0.4, -0.2) is 29.8 Å². The highest BCUT2D eigenvalue weighted by molar-refractivity contribution is 5.88. The van der Waals surface area contributed by atoms with E-state index in [4.69, 9.17) is 4.98 Å². The van der Waals surface area contributed by atoms with Gasteiger partial charge in [0, 0.05) is 33.8 Å². The third kappa shape index (κ3) is 2.50. The number of para-hydroxylation sites is 1. The van der Waals surface area contributed by atoms with Crippen molar-refractivity contribution in [1.82, 2.24) is 29.8 Å². The normalized spacial score (nSPS) is 11.6. The van der Waals surface area contributed by atoms with E-state index in [9.17, 15) is 0 Å². The van der Waals surface area contributed by atoms with Gasteiger partial charge in [0.15, 0.2) is 5.65 Å². The fraction of sp³-hybridized carbons (Fsp3) is 0.0435. The zero-order valence-corrected chi connectivity index (χ0v) is 15.7. The van der Waals surface area contributed by atoms with Gasteiger partial charge in [-0.3, -0.25) is 10.1 Å². The largest absolute Gasteiger partial charge is 0.278 e. The van der Waals surface area contributed by atoms with Crippen LogP contribution >= 0.6 is 0 Å². The highest BCUT2D eigenvalue weighted by atomic mass is 15.3. The zero-order chi connectivity index (χ0) is 19.4. The molecule has 0 saturated carbocycles. The Hall–Kier alpha value is -4.06. The van der Waals surface area contributed by atoms with Crippen molar-refractivity contribution in [3.8, 4) is 22.4 Å². The van der Waals surface area contributed by atoms with Crippen LogP contribution in [0.25, 0.3) is 49.8 Å². The molecule has 0 unspecified atom stereocenters. The van der Waals surface area contributed by atoms with Gasteiger partial charge in [-0.2, -0.15) is 10.2 Å². The van der Waals surface area contributed by atoms with E-state index in [1.54, 1.807) is 0 Å². The predicted molar refractivity (Wildman–Crippen MR) is 114 cm³/mol. The molecule has 29 heavy (non-hydrogen) atoms. The lowest BCUT2D eigenvalue weighted by Crippen LogP contribution is -1.98. The summed E-state index contributed by atoms with van der Waals surface area (Å²) in [7, 11) is 0. The minimum Gasteiger partial charge on any atom is -0.278 e. The Morgan fingerprint density at radius 2 is 1.76 bits per heavy atom. The fourth-order valence-electron chi connectivity index (χ4n) is 3.79. The number of hydrogen-bond donors (Lipinski definition) is 1. The molecule has 6 heteroatoms.